The van der Waals surface area contributed by atoms with Crippen LogP contribution in [0.3, 0.4) is 0 Å². The van der Waals surface area contributed by atoms with Crippen LogP contribution in [-0.2, 0) is 0 Å². The SMILES string of the molecule is O=c1cc(-c2ccccc2)n(O)c(-c2ccc(Cl)cc2)c1Cl. The van der Waals surface area contributed by atoms with Crippen LogP contribution in [0.15, 0.2) is 65.5 Å². The molecule has 0 bridgehead atoms. The van der Waals surface area contributed by atoms with E-state index in [1.807, 2.05) is 18.2 Å². The van der Waals surface area contributed by atoms with E-state index in [1.165, 1.54) is 6.07 Å². The van der Waals surface area contributed by atoms with Gasteiger partial charge in [-0.25, -0.2) is 0 Å². The lowest BCUT2D eigenvalue weighted by Gasteiger charge is -2.14. The molecule has 0 spiro atoms. The van der Waals surface area contributed by atoms with Gasteiger partial charge < -0.3 is 5.21 Å². The number of pyridine rings is 1. The van der Waals surface area contributed by atoms with Crippen LogP contribution in [0.4, 0.5) is 0 Å². The normalized spacial score (nSPS) is 10.6. The Morgan fingerprint density at radius 2 is 1.50 bits per heavy atom. The summed E-state index contributed by atoms with van der Waals surface area (Å²) in [5, 5.41) is 11.1. The van der Waals surface area contributed by atoms with Gasteiger partial charge in [-0.15, -0.1) is 0 Å². The Morgan fingerprint density at radius 3 is 2.14 bits per heavy atom. The number of hydrogen-bond acceptors (Lipinski definition) is 2. The lowest BCUT2D eigenvalue weighted by atomic mass is 10.1. The van der Waals surface area contributed by atoms with Gasteiger partial charge in [-0.1, -0.05) is 65.7 Å². The first-order valence-corrected chi connectivity index (χ1v) is 7.29. The van der Waals surface area contributed by atoms with Crippen molar-refractivity contribution in [2.45, 2.75) is 0 Å². The van der Waals surface area contributed by atoms with Gasteiger partial charge in [0.05, 0.1) is 5.69 Å². The number of hydrogen-bond donors (Lipinski definition) is 1. The van der Waals surface area contributed by atoms with Crippen LogP contribution >= 0.6 is 23.2 Å². The highest BCUT2D eigenvalue weighted by atomic mass is 35.5. The summed E-state index contributed by atoms with van der Waals surface area (Å²) in [5.41, 5.74) is 1.58. The number of benzene rings is 2. The molecular formula is C17H11Cl2NO2. The van der Waals surface area contributed by atoms with Crippen molar-refractivity contribution in [3.05, 3.63) is 80.9 Å². The molecule has 2 aromatic carbocycles. The van der Waals surface area contributed by atoms with Crippen LogP contribution in [0.5, 0.6) is 0 Å². The van der Waals surface area contributed by atoms with Crippen molar-refractivity contribution in [3.63, 3.8) is 0 Å². The molecule has 1 N–H and O–H groups in total. The molecule has 0 aliphatic heterocycles. The number of nitrogens with zero attached hydrogens (tertiary/aromatic N) is 1. The third-order valence-corrected chi connectivity index (χ3v) is 3.94. The van der Waals surface area contributed by atoms with Crippen LogP contribution < -0.4 is 5.43 Å². The molecule has 0 aliphatic carbocycles. The first-order chi connectivity index (χ1) is 10.6. The largest absolute Gasteiger partial charge is 0.428 e. The van der Waals surface area contributed by atoms with Crippen molar-refractivity contribution in [3.8, 4) is 22.5 Å². The minimum absolute atomic E-state index is 0.0375. The Kier molecular flexibility index (Phi) is 3.92. The highest BCUT2D eigenvalue weighted by Crippen LogP contribution is 2.30. The molecule has 3 aromatic rings. The molecule has 1 heterocycles. The third-order valence-electron chi connectivity index (χ3n) is 3.32. The fourth-order valence-electron chi connectivity index (χ4n) is 2.25. The summed E-state index contributed by atoms with van der Waals surface area (Å²) in [6.07, 6.45) is 0. The highest BCUT2D eigenvalue weighted by Gasteiger charge is 2.16. The Morgan fingerprint density at radius 1 is 0.864 bits per heavy atom. The second-order valence-corrected chi connectivity index (χ2v) is 5.56. The molecule has 0 fully saturated rings. The maximum atomic E-state index is 12.1. The number of halogens is 2. The van der Waals surface area contributed by atoms with E-state index < -0.39 is 0 Å². The minimum atomic E-state index is -0.351. The van der Waals surface area contributed by atoms with Crippen molar-refractivity contribution in [1.29, 1.82) is 0 Å². The predicted molar refractivity (Wildman–Crippen MR) is 88.8 cm³/mol. The van der Waals surface area contributed by atoms with E-state index in [4.69, 9.17) is 23.2 Å². The van der Waals surface area contributed by atoms with Gasteiger partial charge in [-0.3, -0.25) is 4.79 Å². The second kappa shape index (κ2) is 5.87. The van der Waals surface area contributed by atoms with E-state index >= 15 is 0 Å². The molecule has 0 saturated heterocycles. The van der Waals surface area contributed by atoms with Crippen molar-refractivity contribution >= 4 is 23.2 Å². The molecule has 0 aliphatic rings. The Balaban J connectivity index is 2.29. The molecule has 0 radical (unpaired) electrons. The van der Waals surface area contributed by atoms with E-state index in [0.717, 1.165) is 4.73 Å². The Hall–Kier alpha value is -2.23. The second-order valence-electron chi connectivity index (χ2n) is 4.74. The quantitative estimate of drug-likeness (QED) is 0.690. The smallest absolute Gasteiger partial charge is 0.201 e. The van der Waals surface area contributed by atoms with Crippen molar-refractivity contribution in [2.75, 3.05) is 0 Å². The lowest BCUT2D eigenvalue weighted by Crippen LogP contribution is -2.12. The van der Waals surface area contributed by atoms with Gasteiger partial charge in [0, 0.05) is 22.2 Å². The fourth-order valence-corrected chi connectivity index (χ4v) is 2.62. The summed E-state index contributed by atoms with van der Waals surface area (Å²) in [5.74, 6) is 0. The zero-order valence-electron chi connectivity index (χ0n) is 11.3. The average Bonchev–Trinajstić information content (AvgIpc) is 2.54. The summed E-state index contributed by atoms with van der Waals surface area (Å²) in [4.78, 5) is 12.1. The molecular weight excluding hydrogens is 321 g/mol. The highest BCUT2D eigenvalue weighted by molar-refractivity contribution is 6.33. The zero-order chi connectivity index (χ0) is 15.7. The van der Waals surface area contributed by atoms with Crippen molar-refractivity contribution < 1.29 is 5.21 Å². The molecule has 0 amide bonds. The molecule has 110 valence electrons. The van der Waals surface area contributed by atoms with E-state index in [-0.39, 0.29) is 16.1 Å². The summed E-state index contributed by atoms with van der Waals surface area (Å²) in [6, 6.07) is 17.2. The number of aromatic nitrogens is 1. The molecule has 5 heteroatoms. The molecule has 0 saturated carbocycles. The van der Waals surface area contributed by atoms with E-state index in [9.17, 15) is 10.0 Å². The minimum Gasteiger partial charge on any atom is -0.428 e. The van der Waals surface area contributed by atoms with Gasteiger partial charge in [0.1, 0.15) is 10.7 Å². The van der Waals surface area contributed by atoms with Crippen LogP contribution in [-0.4, -0.2) is 9.94 Å². The summed E-state index contributed by atoms with van der Waals surface area (Å²) in [6.45, 7) is 0. The molecule has 0 atom stereocenters. The van der Waals surface area contributed by atoms with Gasteiger partial charge in [0.15, 0.2) is 0 Å². The maximum Gasteiger partial charge on any atom is 0.201 e. The van der Waals surface area contributed by atoms with Crippen molar-refractivity contribution in [2.24, 2.45) is 0 Å². The molecule has 1 aromatic heterocycles. The van der Waals surface area contributed by atoms with Crippen LogP contribution in [0, 0.1) is 0 Å². The molecule has 22 heavy (non-hydrogen) atoms. The zero-order valence-corrected chi connectivity index (χ0v) is 12.8. The Bertz CT molecular complexity index is 872. The molecule has 0 unspecified atom stereocenters. The van der Waals surface area contributed by atoms with E-state index in [2.05, 4.69) is 0 Å². The first kappa shape index (κ1) is 14.7. The van der Waals surface area contributed by atoms with Crippen LogP contribution in [0.2, 0.25) is 10.0 Å². The van der Waals surface area contributed by atoms with Gasteiger partial charge in [-0.2, -0.15) is 4.73 Å². The summed E-state index contributed by atoms with van der Waals surface area (Å²) in [7, 11) is 0. The third kappa shape index (κ3) is 2.61. The van der Waals surface area contributed by atoms with Gasteiger partial charge in [-0.05, 0) is 12.1 Å². The van der Waals surface area contributed by atoms with Gasteiger partial charge >= 0.3 is 0 Å². The van der Waals surface area contributed by atoms with Crippen LogP contribution in [0.25, 0.3) is 22.5 Å². The Labute approximate surface area is 136 Å². The lowest BCUT2D eigenvalue weighted by molar-refractivity contribution is 0.194. The fraction of sp³-hybridized carbons (Fsp3) is 0. The first-order valence-electron chi connectivity index (χ1n) is 6.54. The van der Waals surface area contributed by atoms with Crippen LogP contribution in [0.1, 0.15) is 0 Å². The summed E-state index contributed by atoms with van der Waals surface area (Å²) < 4.78 is 0.933. The maximum absolute atomic E-state index is 12.1. The average molecular weight is 332 g/mol. The predicted octanol–water partition coefficient (Wildman–Crippen LogP) is 4.73. The van der Waals surface area contributed by atoms with Crippen molar-refractivity contribution in [1.82, 2.24) is 4.73 Å². The van der Waals surface area contributed by atoms with Gasteiger partial charge in [0.25, 0.3) is 0 Å². The topological polar surface area (TPSA) is 42.2 Å². The van der Waals surface area contributed by atoms with E-state index in [1.54, 1.807) is 36.4 Å². The summed E-state index contributed by atoms with van der Waals surface area (Å²) >= 11 is 12.0. The molecule has 3 rings (SSSR count). The monoisotopic (exact) mass is 331 g/mol. The van der Waals surface area contributed by atoms with Gasteiger partial charge in [0.2, 0.25) is 5.43 Å². The van der Waals surface area contributed by atoms with E-state index in [0.29, 0.717) is 21.8 Å². The standard InChI is InChI=1S/C17H11Cl2NO2/c18-13-8-6-12(7-9-13)17-16(19)15(21)10-14(20(17)22)11-4-2-1-3-5-11/h1-10,22H. The molecule has 3 nitrogen and oxygen atoms in total. The number of rotatable bonds is 2.